The number of hydrogen-bond donors (Lipinski definition) is 0. The van der Waals surface area contributed by atoms with Crippen molar-refractivity contribution in [2.24, 2.45) is 7.05 Å². The molecule has 0 saturated heterocycles. The van der Waals surface area contributed by atoms with Gasteiger partial charge in [0.2, 0.25) is 11.6 Å². The molecule has 2 aromatic rings. The Balaban J connectivity index is 2.36. The van der Waals surface area contributed by atoms with Gasteiger partial charge < -0.3 is 4.74 Å². The second-order valence-electron chi connectivity index (χ2n) is 2.95. The minimum atomic E-state index is -0.740. The number of benzene rings is 1. The molecule has 2 rings (SSSR count). The number of nitrogens with zero attached hydrogens (tertiary/aromatic N) is 2. The van der Waals surface area contributed by atoms with Gasteiger partial charge >= 0.3 is 0 Å². The first-order valence-electron chi connectivity index (χ1n) is 4.28. The van der Waals surface area contributed by atoms with E-state index in [-0.39, 0.29) is 5.88 Å². The monoisotopic (exact) mass is 210 g/mol. The number of rotatable bonds is 2. The van der Waals surface area contributed by atoms with Gasteiger partial charge in [-0.15, -0.1) is 0 Å². The van der Waals surface area contributed by atoms with Crippen LogP contribution in [0.25, 0.3) is 0 Å². The minimum absolute atomic E-state index is 0.277. The van der Waals surface area contributed by atoms with Crippen LogP contribution in [-0.2, 0) is 7.05 Å². The molecular weight excluding hydrogens is 202 g/mol. The molecule has 0 amide bonds. The molecule has 0 radical (unpaired) electrons. The average molecular weight is 210 g/mol. The van der Waals surface area contributed by atoms with Crippen LogP contribution in [0, 0.1) is 11.6 Å². The van der Waals surface area contributed by atoms with Crippen LogP contribution in [-0.4, -0.2) is 9.78 Å². The molecule has 1 aromatic heterocycles. The molecule has 0 unspecified atom stereocenters. The van der Waals surface area contributed by atoms with Gasteiger partial charge in [-0.3, -0.25) is 0 Å². The number of ether oxygens (including phenoxy) is 1. The fourth-order valence-corrected chi connectivity index (χ4v) is 1.15. The fraction of sp³-hybridized carbons (Fsp3) is 0.100. The summed E-state index contributed by atoms with van der Waals surface area (Å²) >= 11 is 0. The largest absolute Gasteiger partial charge is 0.433 e. The Morgan fingerprint density at radius 3 is 2.40 bits per heavy atom. The molecule has 1 aromatic carbocycles. The molecule has 3 nitrogen and oxygen atoms in total. The summed E-state index contributed by atoms with van der Waals surface area (Å²) in [6.07, 6.45) is 1.48. The van der Waals surface area contributed by atoms with Gasteiger partial charge in [0, 0.05) is 13.1 Å². The van der Waals surface area contributed by atoms with E-state index in [1.807, 2.05) is 0 Å². The van der Waals surface area contributed by atoms with E-state index in [4.69, 9.17) is 4.74 Å². The van der Waals surface area contributed by atoms with Crippen molar-refractivity contribution in [2.45, 2.75) is 0 Å². The van der Waals surface area contributed by atoms with Crippen molar-refractivity contribution < 1.29 is 13.5 Å². The zero-order valence-corrected chi connectivity index (χ0v) is 7.95. The van der Waals surface area contributed by atoms with Crippen molar-refractivity contribution >= 4 is 0 Å². The molecule has 5 heteroatoms. The molecule has 0 aliphatic rings. The summed E-state index contributed by atoms with van der Waals surface area (Å²) in [5, 5.41) is 3.82. The molecule has 0 spiro atoms. The van der Waals surface area contributed by atoms with Gasteiger partial charge in [-0.1, -0.05) is 6.07 Å². The van der Waals surface area contributed by atoms with Crippen molar-refractivity contribution in [1.29, 1.82) is 0 Å². The Bertz CT molecular complexity index is 462. The molecular formula is C10H8F2N2O. The summed E-state index contributed by atoms with van der Waals surface area (Å²) in [5.74, 6) is -1.62. The Morgan fingerprint density at radius 1 is 1.20 bits per heavy atom. The number of para-hydroxylation sites is 1. The Labute approximate surface area is 84.9 Å². The lowest BCUT2D eigenvalue weighted by molar-refractivity contribution is 0.377. The Kier molecular flexibility index (Phi) is 2.37. The number of halogens is 2. The van der Waals surface area contributed by atoms with Gasteiger partial charge in [-0.25, -0.2) is 13.5 Å². The molecule has 0 N–H and O–H groups in total. The molecule has 0 atom stereocenters. The Hall–Kier alpha value is -1.91. The summed E-state index contributed by atoms with van der Waals surface area (Å²) in [7, 11) is 1.62. The summed E-state index contributed by atoms with van der Waals surface area (Å²) in [6.45, 7) is 0. The zero-order chi connectivity index (χ0) is 10.8. The second kappa shape index (κ2) is 3.68. The van der Waals surface area contributed by atoms with Gasteiger partial charge in [-0.05, 0) is 12.1 Å². The van der Waals surface area contributed by atoms with Crippen molar-refractivity contribution in [3.05, 3.63) is 42.1 Å². The van der Waals surface area contributed by atoms with E-state index >= 15 is 0 Å². The molecule has 0 aliphatic heterocycles. The second-order valence-corrected chi connectivity index (χ2v) is 2.95. The highest BCUT2D eigenvalue weighted by atomic mass is 19.1. The summed E-state index contributed by atoms with van der Waals surface area (Å²) < 4.78 is 32.8. The summed E-state index contributed by atoms with van der Waals surface area (Å²) in [5.41, 5.74) is 0. The molecule has 1 heterocycles. The van der Waals surface area contributed by atoms with Crippen molar-refractivity contribution in [3.63, 3.8) is 0 Å². The van der Waals surface area contributed by atoms with E-state index in [1.54, 1.807) is 7.05 Å². The lowest BCUT2D eigenvalue weighted by atomic mass is 10.3. The number of aryl methyl sites for hydroxylation is 1. The van der Waals surface area contributed by atoms with E-state index in [0.29, 0.717) is 0 Å². The van der Waals surface area contributed by atoms with E-state index in [1.165, 1.54) is 23.0 Å². The van der Waals surface area contributed by atoms with Gasteiger partial charge in [0.25, 0.3) is 0 Å². The molecule has 0 fully saturated rings. The third kappa shape index (κ3) is 1.81. The maximum atomic E-state index is 13.2. The lowest BCUT2D eigenvalue weighted by Gasteiger charge is -2.06. The number of hydrogen-bond acceptors (Lipinski definition) is 2. The first kappa shape index (κ1) is 9.64. The van der Waals surface area contributed by atoms with Crippen LogP contribution in [0.4, 0.5) is 8.78 Å². The van der Waals surface area contributed by atoms with Gasteiger partial charge in [0.15, 0.2) is 11.6 Å². The van der Waals surface area contributed by atoms with Crippen LogP contribution in [0.15, 0.2) is 30.5 Å². The standard InChI is InChI=1S/C10H8F2N2O/c1-14-9(5-6-13-14)15-10-7(11)3-2-4-8(10)12/h2-6H,1H3. The minimum Gasteiger partial charge on any atom is -0.433 e. The van der Waals surface area contributed by atoms with Crippen molar-refractivity contribution in [2.75, 3.05) is 0 Å². The normalized spacial score (nSPS) is 10.3. The highest BCUT2D eigenvalue weighted by Gasteiger charge is 2.12. The SMILES string of the molecule is Cn1nccc1Oc1c(F)cccc1F. The van der Waals surface area contributed by atoms with Crippen LogP contribution in [0.5, 0.6) is 11.6 Å². The highest BCUT2D eigenvalue weighted by Crippen LogP contribution is 2.26. The molecule has 78 valence electrons. The third-order valence-electron chi connectivity index (χ3n) is 1.90. The highest BCUT2D eigenvalue weighted by molar-refractivity contribution is 5.29. The quantitative estimate of drug-likeness (QED) is 0.761. The van der Waals surface area contributed by atoms with Crippen LogP contribution in [0.1, 0.15) is 0 Å². The van der Waals surface area contributed by atoms with Gasteiger partial charge in [0.05, 0.1) is 6.20 Å². The maximum absolute atomic E-state index is 13.2. The number of aromatic nitrogens is 2. The predicted molar refractivity (Wildman–Crippen MR) is 49.6 cm³/mol. The van der Waals surface area contributed by atoms with Crippen LogP contribution >= 0.6 is 0 Å². The van der Waals surface area contributed by atoms with Crippen LogP contribution in [0.3, 0.4) is 0 Å². The summed E-state index contributed by atoms with van der Waals surface area (Å²) in [6, 6.07) is 5.07. The third-order valence-corrected chi connectivity index (χ3v) is 1.90. The topological polar surface area (TPSA) is 27.1 Å². The molecule has 0 bridgehead atoms. The zero-order valence-electron chi connectivity index (χ0n) is 7.95. The van der Waals surface area contributed by atoms with Crippen molar-refractivity contribution in [3.8, 4) is 11.6 Å². The summed E-state index contributed by atoms with van der Waals surface area (Å²) in [4.78, 5) is 0. The van der Waals surface area contributed by atoms with Crippen LogP contribution in [0.2, 0.25) is 0 Å². The first-order valence-corrected chi connectivity index (χ1v) is 4.28. The fourth-order valence-electron chi connectivity index (χ4n) is 1.15. The average Bonchev–Trinajstić information content (AvgIpc) is 2.58. The molecule has 15 heavy (non-hydrogen) atoms. The molecule has 0 saturated carbocycles. The predicted octanol–water partition coefficient (Wildman–Crippen LogP) is 2.49. The smallest absolute Gasteiger partial charge is 0.217 e. The van der Waals surface area contributed by atoms with E-state index < -0.39 is 17.4 Å². The van der Waals surface area contributed by atoms with Crippen LogP contribution < -0.4 is 4.74 Å². The Morgan fingerprint density at radius 2 is 1.87 bits per heavy atom. The van der Waals surface area contributed by atoms with Crippen molar-refractivity contribution in [1.82, 2.24) is 9.78 Å². The van der Waals surface area contributed by atoms with E-state index in [9.17, 15) is 8.78 Å². The van der Waals surface area contributed by atoms with Gasteiger partial charge in [-0.2, -0.15) is 5.10 Å². The lowest BCUT2D eigenvalue weighted by Crippen LogP contribution is -1.98. The van der Waals surface area contributed by atoms with E-state index in [0.717, 1.165) is 12.1 Å². The first-order chi connectivity index (χ1) is 7.18. The van der Waals surface area contributed by atoms with Gasteiger partial charge in [0.1, 0.15) is 0 Å². The molecule has 0 aliphatic carbocycles. The van der Waals surface area contributed by atoms with E-state index in [2.05, 4.69) is 5.10 Å². The maximum Gasteiger partial charge on any atom is 0.217 e.